The first-order chi connectivity index (χ1) is 11.0. The molecule has 0 aliphatic carbocycles. The van der Waals surface area contributed by atoms with Crippen molar-refractivity contribution in [2.45, 2.75) is 19.3 Å². The van der Waals surface area contributed by atoms with Crippen molar-refractivity contribution in [1.82, 2.24) is 10.2 Å². The van der Waals surface area contributed by atoms with Gasteiger partial charge in [0.25, 0.3) is 0 Å². The molecule has 0 atom stereocenters. The van der Waals surface area contributed by atoms with E-state index in [1.165, 1.54) is 5.56 Å². The summed E-state index contributed by atoms with van der Waals surface area (Å²) in [4.78, 5) is 27.0. The Morgan fingerprint density at radius 1 is 1.22 bits per heavy atom. The number of hydrogen-bond donors (Lipinski definition) is 2. The Morgan fingerprint density at radius 3 is 2.35 bits per heavy atom. The van der Waals surface area contributed by atoms with E-state index in [1.807, 2.05) is 14.1 Å². The van der Waals surface area contributed by atoms with E-state index in [2.05, 4.69) is 34.5 Å². The van der Waals surface area contributed by atoms with Crippen molar-refractivity contribution in [3.63, 3.8) is 0 Å². The molecule has 1 aliphatic heterocycles. The average molecular weight is 318 g/mol. The highest BCUT2D eigenvalue weighted by atomic mass is 16.2. The number of piperidine rings is 1. The van der Waals surface area contributed by atoms with E-state index in [4.69, 9.17) is 5.73 Å². The van der Waals surface area contributed by atoms with E-state index in [1.54, 1.807) is 4.90 Å². The number of urea groups is 1. The molecule has 1 aliphatic rings. The molecule has 0 bridgehead atoms. The van der Waals surface area contributed by atoms with E-state index in [-0.39, 0.29) is 17.9 Å². The van der Waals surface area contributed by atoms with Gasteiger partial charge in [-0.2, -0.15) is 0 Å². The van der Waals surface area contributed by atoms with Crippen molar-refractivity contribution in [2.24, 2.45) is 11.7 Å². The van der Waals surface area contributed by atoms with Crippen LogP contribution in [0.1, 0.15) is 18.4 Å². The number of carbonyl (C=O) groups is 2. The van der Waals surface area contributed by atoms with Crippen LogP contribution in [0.2, 0.25) is 0 Å². The third kappa shape index (κ3) is 4.87. The molecule has 1 aromatic rings. The number of amides is 3. The number of carbonyl (C=O) groups excluding carboxylic acids is 2. The van der Waals surface area contributed by atoms with Crippen molar-refractivity contribution in [2.75, 3.05) is 38.6 Å². The molecule has 0 saturated carbocycles. The van der Waals surface area contributed by atoms with Crippen LogP contribution in [0.3, 0.4) is 0 Å². The molecular formula is C17H26N4O2. The van der Waals surface area contributed by atoms with Crippen LogP contribution in [-0.2, 0) is 11.2 Å². The highest BCUT2D eigenvalue weighted by Gasteiger charge is 2.25. The SMILES string of the molecule is CN(C)c1ccc(CCNC(=O)N2CCC(C(N)=O)CC2)cc1. The molecule has 1 saturated heterocycles. The molecule has 6 nitrogen and oxygen atoms in total. The molecule has 3 N–H and O–H groups in total. The summed E-state index contributed by atoms with van der Waals surface area (Å²) < 4.78 is 0. The summed E-state index contributed by atoms with van der Waals surface area (Å²) in [6.45, 7) is 1.80. The summed E-state index contributed by atoms with van der Waals surface area (Å²) in [7, 11) is 4.02. The average Bonchev–Trinajstić information content (AvgIpc) is 2.55. The standard InChI is InChI=1S/C17H26N4O2/c1-20(2)15-5-3-13(4-6-15)7-10-19-17(23)21-11-8-14(9-12-21)16(18)22/h3-6,14H,7-12H2,1-2H3,(H2,18,22)(H,19,23). The number of nitrogens with zero attached hydrogens (tertiary/aromatic N) is 2. The first kappa shape index (κ1) is 17.1. The Kier molecular flexibility index (Phi) is 5.84. The zero-order chi connectivity index (χ0) is 16.8. The quantitative estimate of drug-likeness (QED) is 0.856. The Hall–Kier alpha value is -2.24. The highest BCUT2D eigenvalue weighted by Crippen LogP contribution is 2.16. The lowest BCUT2D eigenvalue weighted by atomic mass is 9.96. The van der Waals surface area contributed by atoms with E-state index >= 15 is 0 Å². The molecule has 0 radical (unpaired) electrons. The minimum Gasteiger partial charge on any atom is -0.378 e. The predicted molar refractivity (Wildman–Crippen MR) is 91.4 cm³/mol. The van der Waals surface area contributed by atoms with Crippen LogP contribution in [0.4, 0.5) is 10.5 Å². The topological polar surface area (TPSA) is 78.7 Å². The van der Waals surface area contributed by atoms with Crippen LogP contribution in [0.15, 0.2) is 24.3 Å². The third-order valence-corrected chi connectivity index (χ3v) is 4.33. The van der Waals surface area contributed by atoms with Gasteiger partial charge in [0.1, 0.15) is 0 Å². The number of nitrogens with one attached hydrogen (secondary N) is 1. The van der Waals surface area contributed by atoms with Crippen LogP contribution in [-0.4, -0.2) is 50.6 Å². The molecule has 6 heteroatoms. The number of anilines is 1. The monoisotopic (exact) mass is 318 g/mol. The molecule has 126 valence electrons. The van der Waals surface area contributed by atoms with Gasteiger partial charge >= 0.3 is 6.03 Å². The van der Waals surface area contributed by atoms with Crippen LogP contribution in [0.5, 0.6) is 0 Å². The molecule has 3 amide bonds. The Morgan fingerprint density at radius 2 is 1.83 bits per heavy atom. The van der Waals surface area contributed by atoms with Crippen molar-refractivity contribution < 1.29 is 9.59 Å². The van der Waals surface area contributed by atoms with E-state index in [0.717, 1.165) is 12.1 Å². The van der Waals surface area contributed by atoms with Crippen LogP contribution >= 0.6 is 0 Å². The van der Waals surface area contributed by atoms with Crippen molar-refractivity contribution in [1.29, 1.82) is 0 Å². The molecule has 0 aromatic heterocycles. The number of nitrogens with two attached hydrogens (primary N) is 1. The fourth-order valence-electron chi connectivity index (χ4n) is 2.75. The van der Waals surface area contributed by atoms with Crippen molar-refractivity contribution in [3.8, 4) is 0 Å². The minimum absolute atomic E-state index is 0.0576. The maximum Gasteiger partial charge on any atom is 0.317 e. The smallest absolute Gasteiger partial charge is 0.317 e. The van der Waals surface area contributed by atoms with Crippen molar-refractivity contribution in [3.05, 3.63) is 29.8 Å². The fourth-order valence-corrected chi connectivity index (χ4v) is 2.75. The molecule has 23 heavy (non-hydrogen) atoms. The Bertz CT molecular complexity index is 534. The van der Waals surface area contributed by atoms with Gasteiger partial charge in [-0.3, -0.25) is 4.79 Å². The molecule has 1 aromatic carbocycles. The lowest BCUT2D eigenvalue weighted by molar-refractivity contribution is -0.123. The summed E-state index contributed by atoms with van der Waals surface area (Å²) in [5.74, 6) is -0.347. The van der Waals surface area contributed by atoms with Gasteiger partial charge in [-0.25, -0.2) is 4.79 Å². The zero-order valence-electron chi connectivity index (χ0n) is 13.9. The number of benzene rings is 1. The highest BCUT2D eigenvalue weighted by molar-refractivity contribution is 5.78. The van der Waals surface area contributed by atoms with Gasteiger partial charge < -0.3 is 20.9 Å². The predicted octanol–water partition coefficient (Wildman–Crippen LogP) is 1.20. The first-order valence-corrected chi connectivity index (χ1v) is 8.05. The second kappa shape index (κ2) is 7.85. The number of primary amides is 1. The van der Waals surface area contributed by atoms with Gasteiger partial charge in [-0.05, 0) is 37.0 Å². The second-order valence-corrected chi connectivity index (χ2v) is 6.21. The maximum atomic E-state index is 12.1. The number of likely N-dealkylation sites (tertiary alicyclic amines) is 1. The summed E-state index contributed by atoms with van der Waals surface area (Å²) in [5.41, 5.74) is 7.66. The Labute approximate surface area is 137 Å². The lowest BCUT2D eigenvalue weighted by Crippen LogP contribution is -2.46. The third-order valence-electron chi connectivity index (χ3n) is 4.33. The molecule has 2 rings (SSSR count). The number of hydrogen-bond acceptors (Lipinski definition) is 3. The molecule has 1 heterocycles. The molecule has 1 fully saturated rings. The van der Waals surface area contributed by atoms with E-state index < -0.39 is 0 Å². The van der Waals surface area contributed by atoms with Gasteiger partial charge in [-0.1, -0.05) is 12.1 Å². The maximum absolute atomic E-state index is 12.1. The zero-order valence-corrected chi connectivity index (χ0v) is 13.9. The molecule has 0 unspecified atom stereocenters. The second-order valence-electron chi connectivity index (χ2n) is 6.21. The summed E-state index contributed by atoms with van der Waals surface area (Å²) in [6, 6.07) is 8.26. The number of rotatable bonds is 5. The van der Waals surface area contributed by atoms with Crippen LogP contribution < -0.4 is 16.0 Å². The first-order valence-electron chi connectivity index (χ1n) is 8.05. The van der Waals surface area contributed by atoms with Crippen molar-refractivity contribution >= 4 is 17.6 Å². The summed E-state index contributed by atoms with van der Waals surface area (Å²) in [5, 5.41) is 2.94. The van der Waals surface area contributed by atoms with E-state index in [9.17, 15) is 9.59 Å². The molecule has 0 spiro atoms. The fraction of sp³-hybridized carbons (Fsp3) is 0.529. The molecular weight excluding hydrogens is 292 g/mol. The Balaban J connectivity index is 1.72. The van der Waals surface area contributed by atoms with Gasteiger partial charge in [0.05, 0.1) is 0 Å². The van der Waals surface area contributed by atoms with E-state index in [0.29, 0.717) is 32.5 Å². The van der Waals surface area contributed by atoms with Crippen LogP contribution in [0, 0.1) is 5.92 Å². The van der Waals surface area contributed by atoms with Gasteiger partial charge in [0, 0.05) is 45.3 Å². The van der Waals surface area contributed by atoms with Crippen LogP contribution in [0.25, 0.3) is 0 Å². The lowest BCUT2D eigenvalue weighted by Gasteiger charge is -2.30. The minimum atomic E-state index is -0.258. The largest absolute Gasteiger partial charge is 0.378 e. The van der Waals surface area contributed by atoms with Gasteiger partial charge in [0.15, 0.2) is 0 Å². The van der Waals surface area contributed by atoms with Gasteiger partial charge in [-0.15, -0.1) is 0 Å². The summed E-state index contributed by atoms with van der Waals surface area (Å²) >= 11 is 0. The normalized spacial score (nSPS) is 15.3. The summed E-state index contributed by atoms with van der Waals surface area (Å²) in [6.07, 6.45) is 2.13. The van der Waals surface area contributed by atoms with Gasteiger partial charge in [0.2, 0.25) is 5.91 Å².